The molecule has 29 heavy (non-hydrogen) atoms. The molecular weight excluding hydrogens is 366 g/mol. The summed E-state index contributed by atoms with van der Waals surface area (Å²) in [5.74, 6) is 0.345. The summed E-state index contributed by atoms with van der Waals surface area (Å²) in [5, 5.41) is 2.80. The summed E-state index contributed by atoms with van der Waals surface area (Å²) in [4.78, 5) is 25.9. The molecule has 2 aromatic carbocycles. The minimum atomic E-state index is -0.695. The van der Waals surface area contributed by atoms with Crippen molar-refractivity contribution >= 4 is 11.6 Å². The van der Waals surface area contributed by atoms with E-state index in [9.17, 15) is 9.59 Å². The van der Waals surface area contributed by atoms with E-state index < -0.39 is 6.10 Å². The zero-order valence-electron chi connectivity index (χ0n) is 17.5. The maximum atomic E-state index is 13.0. The highest BCUT2D eigenvalue weighted by molar-refractivity contribution is 5.94. The fourth-order valence-corrected chi connectivity index (χ4v) is 3.24. The van der Waals surface area contributed by atoms with Crippen molar-refractivity contribution in [2.75, 3.05) is 5.32 Å². The number of carbonyl (C=O) groups excluding carboxylic acids is 1. The Morgan fingerprint density at radius 1 is 1.07 bits per heavy atom. The Balaban J connectivity index is 1.88. The molecule has 0 radical (unpaired) electrons. The van der Waals surface area contributed by atoms with Crippen molar-refractivity contribution in [2.24, 2.45) is 7.05 Å². The lowest BCUT2D eigenvalue weighted by molar-refractivity contribution is -0.122. The van der Waals surface area contributed by atoms with Gasteiger partial charge in [0, 0.05) is 7.05 Å². The highest BCUT2D eigenvalue weighted by Gasteiger charge is 2.24. The van der Waals surface area contributed by atoms with Gasteiger partial charge < -0.3 is 10.1 Å². The highest BCUT2D eigenvalue weighted by atomic mass is 16.5. The molecule has 1 aromatic heterocycles. The predicted molar refractivity (Wildman–Crippen MR) is 115 cm³/mol. The van der Waals surface area contributed by atoms with E-state index in [0.717, 1.165) is 16.8 Å². The Morgan fingerprint density at radius 3 is 2.41 bits per heavy atom. The lowest BCUT2D eigenvalue weighted by atomic mass is 10.1. The minimum Gasteiger partial charge on any atom is -0.480 e. The molecule has 0 fully saturated rings. The third-order valence-electron chi connectivity index (χ3n) is 5.29. The van der Waals surface area contributed by atoms with Gasteiger partial charge in [-0.2, -0.15) is 0 Å². The molecule has 1 N–H and O–H groups in total. The number of amides is 1. The average molecular weight is 393 g/mol. The summed E-state index contributed by atoms with van der Waals surface area (Å²) >= 11 is 0. The molecule has 1 atom stereocenters. The molecule has 1 heterocycles. The molecule has 0 saturated heterocycles. The molecule has 1 amide bonds. The standard InChI is InChI=1S/C23H27N3O3/c1-6-19(29-20-14-10-11-15(2)16(20)3)22(27)24-21-17(4)25(5)26(23(21)28)18-12-8-7-9-13-18/h7-14,19H,6H2,1-5H3,(H,24,27)/t19-/m0/s1. The van der Waals surface area contributed by atoms with E-state index in [4.69, 9.17) is 4.74 Å². The van der Waals surface area contributed by atoms with E-state index in [1.165, 1.54) is 4.68 Å². The molecule has 3 rings (SSSR count). The molecule has 0 aliphatic rings. The molecule has 0 bridgehead atoms. The second-order valence-corrected chi connectivity index (χ2v) is 7.14. The lowest BCUT2D eigenvalue weighted by Crippen LogP contribution is -2.34. The number of ether oxygens (including phenoxy) is 1. The van der Waals surface area contributed by atoms with Crippen LogP contribution in [0.5, 0.6) is 5.75 Å². The number of aromatic nitrogens is 2. The topological polar surface area (TPSA) is 65.3 Å². The van der Waals surface area contributed by atoms with Crippen molar-refractivity contribution in [3.05, 3.63) is 75.7 Å². The van der Waals surface area contributed by atoms with Gasteiger partial charge in [0.25, 0.3) is 11.5 Å². The monoisotopic (exact) mass is 393 g/mol. The van der Waals surface area contributed by atoms with Crippen LogP contribution in [0.15, 0.2) is 53.3 Å². The Bertz CT molecular complexity index is 1080. The quantitative estimate of drug-likeness (QED) is 0.691. The first kappa shape index (κ1) is 20.5. The number of nitrogens with one attached hydrogen (secondary N) is 1. The van der Waals surface area contributed by atoms with Crippen LogP contribution in [-0.4, -0.2) is 21.4 Å². The number of hydrogen-bond donors (Lipinski definition) is 1. The Morgan fingerprint density at radius 2 is 1.76 bits per heavy atom. The molecule has 0 spiro atoms. The Kier molecular flexibility index (Phi) is 5.92. The maximum Gasteiger partial charge on any atom is 0.295 e. The van der Waals surface area contributed by atoms with Gasteiger partial charge in [0.05, 0.1) is 11.4 Å². The van der Waals surface area contributed by atoms with Gasteiger partial charge in [0.1, 0.15) is 11.4 Å². The Labute approximate surface area is 170 Å². The first-order valence-corrected chi connectivity index (χ1v) is 9.72. The van der Waals surface area contributed by atoms with E-state index in [0.29, 0.717) is 17.9 Å². The van der Waals surface area contributed by atoms with Gasteiger partial charge in [-0.05, 0) is 56.5 Å². The van der Waals surface area contributed by atoms with Gasteiger partial charge in [-0.15, -0.1) is 0 Å². The van der Waals surface area contributed by atoms with Crippen LogP contribution in [0.25, 0.3) is 5.69 Å². The van der Waals surface area contributed by atoms with Gasteiger partial charge in [0.2, 0.25) is 0 Å². The predicted octanol–water partition coefficient (Wildman–Crippen LogP) is 3.90. The molecule has 0 aliphatic carbocycles. The number of carbonyl (C=O) groups is 1. The Hall–Kier alpha value is -3.28. The SMILES string of the molecule is CC[C@H](Oc1cccc(C)c1C)C(=O)Nc1c(C)n(C)n(-c2ccccc2)c1=O. The van der Waals surface area contributed by atoms with Crippen molar-refractivity contribution < 1.29 is 9.53 Å². The smallest absolute Gasteiger partial charge is 0.295 e. The van der Waals surface area contributed by atoms with Gasteiger partial charge >= 0.3 is 0 Å². The number of aryl methyl sites for hydroxylation is 1. The fraction of sp³-hybridized carbons (Fsp3) is 0.304. The molecule has 0 saturated carbocycles. The lowest BCUT2D eigenvalue weighted by Gasteiger charge is -2.19. The zero-order valence-corrected chi connectivity index (χ0v) is 17.5. The minimum absolute atomic E-state index is 0.268. The second-order valence-electron chi connectivity index (χ2n) is 7.14. The number of para-hydroxylation sites is 1. The summed E-state index contributed by atoms with van der Waals surface area (Å²) in [6.45, 7) is 7.66. The largest absolute Gasteiger partial charge is 0.480 e. The van der Waals surface area contributed by atoms with Gasteiger partial charge in [-0.25, -0.2) is 4.68 Å². The van der Waals surface area contributed by atoms with Crippen LogP contribution in [-0.2, 0) is 11.8 Å². The van der Waals surface area contributed by atoms with Gasteiger partial charge in [-0.1, -0.05) is 37.3 Å². The molecule has 3 aromatic rings. The van der Waals surface area contributed by atoms with Crippen molar-refractivity contribution in [2.45, 2.75) is 40.2 Å². The zero-order chi connectivity index (χ0) is 21.1. The number of nitrogens with zero attached hydrogens (tertiary/aromatic N) is 2. The number of hydrogen-bond acceptors (Lipinski definition) is 3. The highest BCUT2D eigenvalue weighted by Crippen LogP contribution is 2.23. The average Bonchev–Trinajstić information content (AvgIpc) is 2.93. The van der Waals surface area contributed by atoms with Crippen LogP contribution in [0.4, 0.5) is 5.69 Å². The molecule has 0 unspecified atom stereocenters. The van der Waals surface area contributed by atoms with Crippen LogP contribution in [0.3, 0.4) is 0 Å². The third kappa shape index (κ3) is 3.97. The molecular formula is C23H27N3O3. The van der Waals surface area contributed by atoms with Crippen LogP contribution < -0.4 is 15.6 Å². The first-order chi connectivity index (χ1) is 13.8. The van der Waals surface area contributed by atoms with Crippen molar-refractivity contribution in [3.8, 4) is 11.4 Å². The van der Waals surface area contributed by atoms with Crippen LogP contribution in [0.2, 0.25) is 0 Å². The summed E-state index contributed by atoms with van der Waals surface area (Å²) in [6.07, 6.45) is -0.211. The van der Waals surface area contributed by atoms with Gasteiger partial charge in [0.15, 0.2) is 6.10 Å². The van der Waals surface area contributed by atoms with Crippen LogP contribution >= 0.6 is 0 Å². The molecule has 152 valence electrons. The number of benzene rings is 2. The first-order valence-electron chi connectivity index (χ1n) is 9.72. The maximum absolute atomic E-state index is 13.0. The van der Waals surface area contributed by atoms with Crippen molar-refractivity contribution in [3.63, 3.8) is 0 Å². The van der Waals surface area contributed by atoms with E-state index >= 15 is 0 Å². The van der Waals surface area contributed by atoms with E-state index in [-0.39, 0.29) is 17.2 Å². The normalized spacial score (nSPS) is 11.9. The molecule has 0 aliphatic heterocycles. The van der Waals surface area contributed by atoms with Crippen molar-refractivity contribution in [1.29, 1.82) is 0 Å². The molecule has 6 heteroatoms. The summed E-state index contributed by atoms with van der Waals surface area (Å²) in [5.41, 5.74) is 3.51. The van der Waals surface area contributed by atoms with Crippen LogP contribution in [0, 0.1) is 20.8 Å². The summed E-state index contributed by atoms with van der Waals surface area (Å²) in [7, 11) is 1.79. The number of rotatable bonds is 6. The fourth-order valence-electron chi connectivity index (χ4n) is 3.24. The summed E-state index contributed by atoms with van der Waals surface area (Å²) in [6, 6.07) is 15.1. The van der Waals surface area contributed by atoms with Gasteiger partial charge in [-0.3, -0.25) is 14.3 Å². The van der Waals surface area contributed by atoms with E-state index in [1.807, 2.05) is 76.2 Å². The summed E-state index contributed by atoms with van der Waals surface area (Å²) < 4.78 is 9.26. The van der Waals surface area contributed by atoms with E-state index in [2.05, 4.69) is 5.32 Å². The van der Waals surface area contributed by atoms with E-state index in [1.54, 1.807) is 11.7 Å². The third-order valence-corrected chi connectivity index (χ3v) is 5.29. The van der Waals surface area contributed by atoms with Crippen molar-refractivity contribution in [1.82, 2.24) is 9.36 Å². The second kappa shape index (κ2) is 8.39. The molecule has 6 nitrogen and oxygen atoms in total. The number of anilines is 1. The van der Waals surface area contributed by atoms with Crippen LogP contribution in [0.1, 0.15) is 30.2 Å².